The number of hydrogen-bond donors (Lipinski definition) is 2. The quantitative estimate of drug-likeness (QED) is 0.543. The zero-order chi connectivity index (χ0) is 27.2. The van der Waals surface area contributed by atoms with Crippen molar-refractivity contribution in [2.75, 3.05) is 25.0 Å². The van der Waals surface area contributed by atoms with Crippen molar-refractivity contribution in [2.24, 2.45) is 5.92 Å². The second kappa shape index (κ2) is 9.85. The maximum absolute atomic E-state index is 13.3. The van der Waals surface area contributed by atoms with Crippen LogP contribution in [0.5, 0.6) is 0 Å². The van der Waals surface area contributed by atoms with Gasteiger partial charge in [-0.2, -0.15) is 17.5 Å². The second-order valence-electron chi connectivity index (χ2n) is 10.4. The van der Waals surface area contributed by atoms with Crippen LogP contribution in [0.3, 0.4) is 0 Å². The van der Waals surface area contributed by atoms with Crippen LogP contribution in [0, 0.1) is 5.92 Å². The van der Waals surface area contributed by atoms with Crippen LogP contribution < -0.4 is 10.8 Å². The van der Waals surface area contributed by atoms with Gasteiger partial charge in [-0.15, -0.1) is 0 Å². The topological polar surface area (TPSA) is 101 Å². The second-order valence-corrected chi connectivity index (χ2v) is 12.4. The third kappa shape index (κ3) is 5.65. The molecule has 202 valence electrons. The van der Waals surface area contributed by atoms with Gasteiger partial charge in [0.05, 0.1) is 21.7 Å². The summed E-state index contributed by atoms with van der Waals surface area (Å²) in [7, 11) is -4.45. The number of sulfonamides is 1. The fourth-order valence-corrected chi connectivity index (χ4v) is 5.87. The van der Waals surface area contributed by atoms with Gasteiger partial charge in [-0.1, -0.05) is 12.1 Å². The number of rotatable bonds is 6. The number of aliphatic hydroxyl groups excluding tert-OH is 1. The van der Waals surface area contributed by atoms with Crippen molar-refractivity contribution in [3.8, 4) is 0 Å². The number of alkyl halides is 3. The van der Waals surface area contributed by atoms with Gasteiger partial charge < -0.3 is 19.7 Å². The number of pyridine rings is 1. The minimum atomic E-state index is -4.48. The molecule has 2 aliphatic heterocycles. The van der Waals surface area contributed by atoms with E-state index in [1.807, 2.05) is 27.7 Å². The summed E-state index contributed by atoms with van der Waals surface area (Å²) in [6, 6.07) is 8.16. The molecule has 3 heterocycles. The summed E-state index contributed by atoms with van der Waals surface area (Å²) in [4.78, 5) is 3.93. The largest absolute Gasteiger partial charge is 0.494 e. The lowest BCUT2D eigenvalue weighted by Crippen LogP contribution is -2.49. The molecule has 0 amide bonds. The molecule has 37 heavy (non-hydrogen) atoms. The number of aromatic nitrogens is 1. The maximum atomic E-state index is 13.3. The third-order valence-electron chi connectivity index (χ3n) is 7.40. The molecular weight excluding hydrogens is 510 g/mol. The Balaban J connectivity index is 1.42. The van der Waals surface area contributed by atoms with Crippen molar-refractivity contribution in [3.63, 3.8) is 0 Å². The van der Waals surface area contributed by atoms with Gasteiger partial charge in [-0.05, 0) is 63.8 Å². The molecule has 2 fully saturated rings. The van der Waals surface area contributed by atoms with Gasteiger partial charge in [0, 0.05) is 37.9 Å². The number of aliphatic hydroxyl groups is 1. The van der Waals surface area contributed by atoms with E-state index in [-0.39, 0.29) is 36.5 Å². The molecule has 0 radical (unpaired) electrons. The summed E-state index contributed by atoms with van der Waals surface area (Å²) in [6.45, 7) is 7.69. The number of halogens is 3. The van der Waals surface area contributed by atoms with Gasteiger partial charge >= 0.3 is 13.3 Å². The normalized spacial score (nSPS) is 24.3. The van der Waals surface area contributed by atoms with Gasteiger partial charge in [0.25, 0.3) is 0 Å². The first-order chi connectivity index (χ1) is 17.1. The zero-order valence-electron chi connectivity index (χ0n) is 21.1. The number of nitrogens with one attached hydrogen (secondary N) is 1. The van der Waals surface area contributed by atoms with E-state index in [0.717, 1.165) is 12.3 Å². The summed E-state index contributed by atoms with van der Waals surface area (Å²) >= 11 is 0. The minimum Gasteiger partial charge on any atom is -0.399 e. The molecule has 2 aliphatic rings. The highest BCUT2D eigenvalue weighted by Crippen LogP contribution is 2.36. The van der Waals surface area contributed by atoms with E-state index >= 15 is 0 Å². The summed E-state index contributed by atoms with van der Waals surface area (Å²) < 4.78 is 78.4. The van der Waals surface area contributed by atoms with Crippen molar-refractivity contribution >= 4 is 28.4 Å². The molecule has 13 heteroatoms. The Hall–Kier alpha value is -2.19. The van der Waals surface area contributed by atoms with Crippen LogP contribution in [-0.4, -0.2) is 66.9 Å². The molecule has 2 saturated heterocycles. The van der Waals surface area contributed by atoms with E-state index in [1.165, 1.54) is 22.5 Å². The van der Waals surface area contributed by atoms with E-state index in [1.54, 1.807) is 12.1 Å². The van der Waals surface area contributed by atoms with Crippen LogP contribution in [-0.2, 0) is 25.5 Å². The van der Waals surface area contributed by atoms with Gasteiger partial charge in [0.2, 0.25) is 10.0 Å². The average molecular weight is 541 g/mol. The van der Waals surface area contributed by atoms with Gasteiger partial charge in [-0.25, -0.2) is 13.4 Å². The predicted octanol–water partition coefficient (Wildman–Crippen LogP) is 2.88. The molecule has 0 saturated carbocycles. The lowest BCUT2D eigenvalue weighted by atomic mass is 9.79. The summed E-state index contributed by atoms with van der Waals surface area (Å²) in [5.74, 6) is -0.248. The van der Waals surface area contributed by atoms with Crippen molar-refractivity contribution in [1.29, 1.82) is 0 Å². The van der Waals surface area contributed by atoms with Gasteiger partial charge in [-0.3, -0.25) is 0 Å². The first-order valence-electron chi connectivity index (χ1n) is 12.0. The molecule has 2 atom stereocenters. The highest BCUT2D eigenvalue weighted by atomic mass is 32.2. The Kier molecular flexibility index (Phi) is 7.41. The fourth-order valence-electron chi connectivity index (χ4n) is 4.35. The Labute approximate surface area is 215 Å². The molecule has 2 aromatic rings. The first kappa shape index (κ1) is 27.8. The lowest BCUT2D eigenvalue weighted by molar-refractivity contribution is -0.137. The van der Waals surface area contributed by atoms with Crippen molar-refractivity contribution < 1.29 is 36.0 Å². The molecule has 0 spiro atoms. The highest BCUT2D eigenvalue weighted by molar-refractivity contribution is 7.89. The summed E-state index contributed by atoms with van der Waals surface area (Å²) in [5, 5.41) is 13.0. The fraction of sp³-hybridized carbons (Fsp3) is 0.542. The van der Waals surface area contributed by atoms with Crippen molar-refractivity contribution in [3.05, 3.63) is 48.2 Å². The third-order valence-corrected chi connectivity index (χ3v) is 9.28. The standard InChI is InChI=1S/C24H31BF3N3O5S/c1-22(2)23(3,4)36-25(35-22)18-6-8-19(9-7-18)37(33,34)31-12-11-20(16(14-31)15-32)30-21-10-5-17(13-29-21)24(26,27)28/h5-10,13,16,20,32H,11-12,14-15H2,1-4H3,(H,29,30)/t16-,20-/m1/s1. The van der Waals surface area contributed by atoms with Crippen molar-refractivity contribution in [2.45, 2.75) is 62.4 Å². The predicted molar refractivity (Wildman–Crippen MR) is 133 cm³/mol. The summed E-state index contributed by atoms with van der Waals surface area (Å²) in [6.07, 6.45) is -3.40. The van der Waals surface area contributed by atoms with Gasteiger partial charge in [0.15, 0.2) is 0 Å². The average Bonchev–Trinajstić information content (AvgIpc) is 3.05. The number of hydrogen-bond acceptors (Lipinski definition) is 7. The van der Waals surface area contributed by atoms with Crippen LogP contribution in [0.25, 0.3) is 0 Å². The smallest absolute Gasteiger partial charge is 0.399 e. The molecule has 0 aliphatic carbocycles. The van der Waals surface area contributed by atoms with Crippen molar-refractivity contribution in [1.82, 2.24) is 9.29 Å². The molecule has 1 aromatic carbocycles. The van der Waals surface area contributed by atoms with E-state index in [9.17, 15) is 26.7 Å². The molecule has 2 N–H and O–H groups in total. The van der Waals surface area contributed by atoms with Crippen LogP contribution >= 0.6 is 0 Å². The lowest BCUT2D eigenvalue weighted by Gasteiger charge is -2.37. The van der Waals surface area contributed by atoms with E-state index in [0.29, 0.717) is 11.9 Å². The monoisotopic (exact) mass is 541 g/mol. The SMILES string of the molecule is CC1(C)OB(c2ccc(S(=O)(=O)N3CC[C@@H](Nc4ccc(C(F)(F)F)cn4)[C@@H](CO)C3)cc2)OC1(C)C. The molecule has 4 rings (SSSR count). The number of anilines is 1. The molecule has 0 unspecified atom stereocenters. The number of nitrogens with zero attached hydrogens (tertiary/aromatic N) is 2. The van der Waals surface area contributed by atoms with Crippen LogP contribution in [0.15, 0.2) is 47.5 Å². The highest BCUT2D eigenvalue weighted by Gasteiger charge is 2.51. The maximum Gasteiger partial charge on any atom is 0.494 e. The Bertz CT molecular complexity index is 1190. The Morgan fingerprint density at radius 3 is 2.24 bits per heavy atom. The minimum absolute atomic E-state index is 0.0517. The van der Waals surface area contributed by atoms with Crippen LogP contribution in [0.2, 0.25) is 0 Å². The molecule has 0 bridgehead atoms. The van der Waals surface area contributed by atoms with Crippen LogP contribution in [0.4, 0.5) is 19.0 Å². The van der Waals surface area contributed by atoms with E-state index in [4.69, 9.17) is 9.31 Å². The van der Waals surface area contributed by atoms with E-state index in [2.05, 4.69) is 10.3 Å². The molecule has 1 aromatic heterocycles. The molecular formula is C24H31BF3N3O5S. The first-order valence-corrected chi connectivity index (χ1v) is 13.4. The summed E-state index contributed by atoms with van der Waals surface area (Å²) in [5.41, 5.74) is -1.19. The molecule has 8 nitrogen and oxygen atoms in total. The Morgan fingerprint density at radius 2 is 1.73 bits per heavy atom. The zero-order valence-corrected chi connectivity index (χ0v) is 21.9. The Morgan fingerprint density at radius 1 is 1.11 bits per heavy atom. The number of benzene rings is 1. The van der Waals surface area contributed by atoms with Crippen LogP contribution in [0.1, 0.15) is 39.7 Å². The van der Waals surface area contributed by atoms with Gasteiger partial charge in [0.1, 0.15) is 5.82 Å². The van der Waals surface area contributed by atoms with E-state index < -0.39 is 46.0 Å². The number of piperidine rings is 1.